The fourth-order valence-corrected chi connectivity index (χ4v) is 4.93. The number of nitrogens with zero attached hydrogens (tertiary/aromatic N) is 1. The van der Waals surface area contributed by atoms with Gasteiger partial charge in [-0.1, -0.05) is 31.2 Å². The van der Waals surface area contributed by atoms with Crippen LogP contribution in [-0.4, -0.2) is 99.4 Å². The van der Waals surface area contributed by atoms with E-state index in [-0.39, 0.29) is 29.0 Å². The number of methoxy groups -OCH3 is 2. The molecule has 1 aliphatic carbocycles. The smallest absolute Gasteiger partial charge is 0.405 e. The largest absolute Gasteiger partial charge is 0.439 e. The minimum absolute atomic E-state index is 0.112. The fraction of sp³-hybridized carbons (Fsp3) is 0.548. The molecule has 2 rings (SSSR count). The molecule has 12 heteroatoms. The molecule has 0 aromatic rings. The molecule has 0 aromatic carbocycles. The number of aliphatic hydroxyl groups excluding tert-OH is 1. The predicted molar refractivity (Wildman–Crippen MR) is 162 cm³/mol. The first kappa shape index (κ1) is 35.6. The molecule has 0 radical (unpaired) electrons. The summed E-state index contributed by atoms with van der Waals surface area (Å²) in [6.45, 7) is 6.19. The average Bonchev–Trinajstić information content (AvgIpc) is 2.94. The van der Waals surface area contributed by atoms with Crippen LogP contribution in [0.1, 0.15) is 40.0 Å². The summed E-state index contributed by atoms with van der Waals surface area (Å²) in [5.74, 6) is -1.85. The summed E-state index contributed by atoms with van der Waals surface area (Å²) >= 11 is 0. The van der Waals surface area contributed by atoms with Crippen molar-refractivity contribution in [3.05, 3.63) is 58.5 Å². The van der Waals surface area contributed by atoms with E-state index in [1.807, 2.05) is 19.0 Å². The number of Topliss-reactive ketones (excluding diaryl/α,β-unsaturated/α-hetero) is 1. The highest BCUT2D eigenvalue weighted by atomic mass is 16.6. The molecule has 0 aromatic heterocycles. The molecular formula is C31H46N4O8. The van der Waals surface area contributed by atoms with Gasteiger partial charge in [-0.2, -0.15) is 0 Å². The van der Waals surface area contributed by atoms with Gasteiger partial charge in [0, 0.05) is 50.4 Å². The van der Waals surface area contributed by atoms with E-state index in [4.69, 9.17) is 19.9 Å². The van der Waals surface area contributed by atoms with Crippen molar-refractivity contribution in [2.45, 2.75) is 64.4 Å². The summed E-state index contributed by atoms with van der Waals surface area (Å²) in [4.78, 5) is 53.3. The Bertz CT molecular complexity index is 1200. The minimum Gasteiger partial charge on any atom is -0.439 e. The van der Waals surface area contributed by atoms with Crippen LogP contribution in [0.3, 0.4) is 0 Å². The lowest BCUT2D eigenvalue weighted by atomic mass is 9.89. The number of ketones is 2. The van der Waals surface area contributed by atoms with E-state index >= 15 is 0 Å². The van der Waals surface area contributed by atoms with Crippen LogP contribution >= 0.6 is 0 Å². The molecule has 2 amide bonds. The highest BCUT2D eigenvalue weighted by Gasteiger charge is 2.31. The molecule has 0 spiro atoms. The van der Waals surface area contributed by atoms with E-state index in [1.165, 1.54) is 20.3 Å². The summed E-state index contributed by atoms with van der Waals surface area (Å²) in [7, 11) is 6.73. The number of aliphatic hydroxyl groups is 1. The summed E-state index contributed by atoms with van der Waals surface area (Å²) in [6, 6.07) is 0. The van der Waals surface area contributed by atoms with Crippen molar-refractivity contribution in [3.63, 3.8) is 0 Å². The maximum absolute atomic E-state index is 13.5. The Morgan fingerprint density at radius 2 is 1.88 bits per heavy atom. The lowest BCUT2D eigenvalue weighted by Gasteiger charge is -2.28. The third kappa shape index (κ3) is 10.3. The lowest BCUT2D eigenvalue weighted by Crippen LogP contribution is -2.37. The molecular weight excluding hydrogens is 556 g/mol. The van der Waals surface area contributed by atoms with Gasteiger partial charge >= 0.3 is 6.09 Å². The van der Waals surface area contributed by atoms with E-state index < -0.39 is 53.9 Å². The van der Waals surface area contributed by atoms with Gasteiger partial charge in [0.25, 0.3) is 5.91 Å². The zero-order chi connectivity index (χ0) is 32.3. The number of rotatable bonds is 7. The van der Waals surface area contributed by atoms with Gasteiger partial charge in [-0.3, -0.25) is 14.4 Å². The quantitative estimate of drug-likeness (QED) is 0.248. The Balaban J connectivity index is 2.54. The number of amides is 2. The normalized spacial score (nSPS) is 29.7. The highest BCUT2D eigenvalue weighted by molar-refractivity contribution is 6.23. The predicted octanol–water partition coefficient (Wildman–Crippen LogP) is 1.67. The Kier molecular flexibility index (Phi) is 14.0. The topological polar surface area (TPSA) is 170 Å². The van der Waals surface area contributed by atoms with Gasteiger partial charge in [-0.25, -0.2) is 4.79 Å². The number of allylic oxidation sites excluding steroid dienone is 4. The number of nitrogens with two attached hydrogens (primary N) is 1. The Labute approximate surface area is 253 Å². The number of fused-ring (bicyclic) bond motifs is 2. The van der Waals surface area contributed by atoms with Crippen LogP contribution in [0.5, 0.6) is 0 Å². The van der Waals surface area contributed by atoms with Crippen molar-refractivity contribution in [1.82, 2.24) is 15.5 Å². The molecule has 12 nitrogen and oxygen atoms in total. The Morgan fingerprint density at radius 1 is 1.19 bits per heavy atom. The van der Waals surface area contributed by atoms with Crippen LogP contribution in [0.4, 0.5) is 4.79 Å². The second kappa shape index (κ2) is 16.9. The van der Waals surface area contributed by atoms with Crippen LogP contribution in [0.2, 0.25) is 0 Å². The third-order valence-corrected chi connectivity index (χ3v) is 7.38. The van der Waals surface area contributed by atoms with Gasteiger partial charge in [0.15, 0.2) is 6.10 Å². The Morgan fingerprint density at radius 3 is 2.49 bits per heavy atom. The van der Waals surface area contributed by atoms with Crippen molar-refractivity contribution in [1.29, 1.82) is 0 Å². The number of nitrogens with one attached hydrogen (secondary N) is 2. The first-order chi connectivity index (χ1) is 20.3. The van der Waals surface area contributed by atoms with Gasteiger partial charge in [-0.05, 0) is 52.8 Å². The molecule has 238 valence electrons. The summed E-state index contributed by atoms with van der Waals surface area (Å²) in [5.41, 5.74) is 6.55. The van der Waals surface area contributed by atoms with Crippen molar-refractivity contribution in [3.8, 4) is 0 Å². The van der Waals surface area contributed by atoms with Crippen LogP contribution < -0.4 is 16.4 Å². The SMILES string of the molecule is CO[C@H]1/C=C\C=C(/C)C(=O)NC2=CC(=O)C(NCCN(C)C)=C(CCC[C@H](OC)[C@H](O)[C@@H](C)/C=C(\C)[C@@H]1OC(N)=O)C2=O. The fourth-order valence-electron chi connectivity index (χ4n) is 4.93. The molecule has 43 heavy (non-hydrogen) atoms. The molecule has 0 saturated heterocycles. The molecule has 1 aliphatic heterocycles. The van der Waals surface area contributed by atoms with E-state index in [2.05, 4.69) is 10.6 Å². The molecule has 5 atom stereocenters. The van der Waals surface area contributed by atoms with Crippen molar-refractivity contribution in [2.75, 3.05) is 41.4 Å². The van der Waals surface area contributed by atoms with E-state index in [9.17, 15) is 24.3 Å². The third-order valence-electron chi connectivity index (χ3n) is 7.38. The Hall–Kier alpha value is -3.58. The standard InChI is InChI=1S/C31H46N4O8/c1-18-10-8-13-25(42-7)29(43-31(32)40)20(3)16-19(2)27(37)24(41-6)12-9-11-21-26(33-14-15-35(4)5)23(36)17-22(28(21)38)34-30(18)39/h8,10,13,16-17,19,24-25,27,29,33,37H,9,11-12,14-15H2,1-7H3,(H2,32,40)(H,34,39)/b13-8-,18-10+,20-16+/t19-,24-,25-,27+,29-/m0/s1. The van der Waals surface area contributed by atoms with Crippen LogP contribution in [-0.2, 0) is 28.6 Å². The summed E-state index contributed by atoms with van der Waals surface area (Å²) < 4.78 is 16.5. The molecule has 0 saturated carbocycles. The van der Waals surface area contributed by atoms with Crippen LogP contribution in [0, 0.1) is 5.92 Å². The maximum Gasteiger partial charge on any atom is 0.405 e. The average molecular weight is 603 g/mol. The molecule has 2 aliphatic rings. The second-order valence-corrected chi connectivity index (χ2v) is 11.0. The second-order valence-electron chi connectivity index (χ2n) is 11.0. The minimum atomic E-state index is -0.996. The summed E-state index contributed by atoms with van der Waals surface area (Å²) in [6.07, 6.45) is 4.36. The van der Waals surface area contributed by atoms with E-state index in [1.54, 1.807) is 39.0 Å². The monoisotopic (exact) mass is 602 g/mol. The number of carbonyl (C=O) groups excluding carboxylic acids is 4. The molecule has 1 heterocycles. The van der Waals surface area contributed by atoms with Gasteiger partial charge in [0.2, 0.25) is 11.6 Å². The van der Waals surface area contributed by atoms with E-state index in [0.717, 1.165) is 6.08 Å². The summed E-state index contributed by atoms with van der Waals surface area (Å²) in [5, 5.41) is 16.8. The van der Waals surface area contributed by atoms with Crippen molar-refractivity contribution >= 4 is 23.6 Å². The number of likely N-dealkylation sites (N-methyl/N-ethyl adjacent to an activating group) is 1. The molecule has 2 bridgehead atoms. The van der Waals surface area contributed by atoms with Crippen molar-refractivity contribution in [2.24, 2.45) is 11.7 Å². The highest BCUT2D eigenvalue weighted by Crippen LogP contribution is 2.26. The lowest BCUT2D eigenvalue weighted by molar-refractivity contribution is -0.120. The number of carbonyl (C=O) groups is 4. The maximum atomic E-state index is 13.5. The number of hydrogen-bond acceptors (Lipinski definition) is 10. The molecule has 0 fully saturated rings. The number of primary amides is 1. The first-order valence-corrected chi connectivity index (χ1v) is 14.3. The van der Waals surface area contributed by atoms with Gasteiger partial charge < -0.3 is 40.6 Å². The zero-order valence-electron chi connectivity index (χ0n) is 26.1. The number of hydrogen-bond donors (Lipinski definition) is 4. The number of ether oxygens (including phenoxy) is 3. The molecule has 0 unspecified atom stereocenters. The van der Waals surface area contributed by atoms with E-state index in [0.29, 0.717) is 31.5 Å². The van der Waals surface area contributed by atoms with Gasteiger partial charge in [0.1, 0.15) is 6.10 Å². The molecule has 5 N–H and O–H groups in total. The van der Waals surface area contributed by atoms with Gasteiger partial charge in [-0.15, -0.1) is 0 Å². The van der Waals surface area contributed by atoms with Gasteiger partial charge in [0.05, 0.1) is 23.6 Å². The van der Waals surface area contributed by atoms with Crippen LogP contribution in [0.15, 0.2) is 58.5 Å². The first-order valence-electron chi connectivity index (χ1n) is 14.3. The van der Waals surface area contributed by atoms with Crippen molar-refractivity contribution < 1.29 is 38.5 Å². The zero-order valence-corrected chi connectivity index (χ0v) is 26.1. The van der Waals surface area contributed by atoms with Crippen LogP contribution in [0.25, 0.3) is 0 Å².